The average molecular weight is 479 g/mol. The van der Waals surface area contributed by atoms with E-state index < -0.39 is 48.6 Å². The highest BCUT2D eigenvalue weighted by atomic mass is 28.4. The number of carbonyl (C=O) groups is 1. The highest BCUT2D eigenvalue weighted by Gasteiger charge is 2.67. The summed E-state index contributed by atoms with van der Waals surface area (Å²) in [5.74, 6) is -4.06. The Balaban J connectivity index is 3.69. The molecule has 1 saturated carbocycles. The van der Waals surface area contributed by atoms with Gasteiger partial charge in [0.05, 0.1) is 0 Å². The van der Waals surface area contributed by atoms with Gasteiger partial charge in [0.15, 0.2) is 25.0 Å². The Morgan fingerprint density at radius 1 is 1.00 bits per heavy atom. The third-order valence-corrected chi connectivity index (χ3v) is 8.41. The van der Waals surface area contributed by atoms with Gasteiger partial charge < -0.3 is 23.1 Å². The molecule has 4 atom stereocenters. The number of esters is 1. The summed E-state index contributed by atoms with van der Waals surface area (Å²) in [6.45, 7) is 23.6. The van der Waals surface area contributed by atoms with Crippen LogP contribution in [0.4, 0.5) is 0 Å². The molecule has 1 aliphatic rings. The van der Waals surface area contributed by atoms with Crippen LogP contribution in [0.25, 0.3) is 0 Å². The van der Waals surface area contributed by atoms with Gasteiger partial charge in [-0.2, -0.15) is 0 Å². The zero-order chi connectivity index (χ0) is 23.1. The van der Waals surface area contributed by atoms with Crippen LogP contribution in [0.1, 0.15) is 19.8 Å². The molecule has 0 radical (unpaired) electrons. The summed E-state index contributed by atoms with van der Waals surface area (Å²) in [7, 11) is -5.75. The van der Waals surface area contributed by atoms with E-state index in [1.165, 1.54) is 0 Å². The van der Waals surface area contributed by atoms with Crippen molar-refractivity contribution in [2.75, 3.05) is 0 Å². The lowest BCUT2D eigenvalue weighted by Crippen LogP contribution is -2.74. The molecule has 29 heavy (non-hydrogen) atoms. The quantitative estimate of drug-likeness (QED) is 0.249. The molecule has 0 heterocycles. The fourth-order valence-corrected chi connectivity index (χ4v) is 8.32. The monoisotopic (exact) mass is 478 g/mol. The maximum absolute atomic E-state index is 12.7. The first-order chi connectivity index (χ1) is 12.7. The van der Waals surface area contributed by atoms with Gasteiger partial charge in [0.25, 0.3) is 5.79 Å². The van der Waals surface area contributed by atoms with Crippen LogP contribution in [-0.2, 0) is 22.8 Å². The number of aliphatic hydroxyl groups is 1. The van der Waals surface area contributed by atoms with Crippen LogP contribution in [0.15, 0.2) is 12.2 Å². The molecule has 0 amide bonds. The van der Waals surface area contributed by atoms with E-state index in [4.69, 9.17) is 18.0 Å². The Hall–Kier alpha value is -0.0825. The zero-order valence-corrected chi connectivity index (χ0v) is 25.3. The maximum atomic E-state index is 12.7. The van der Waals surface area contributed by atoms with E-state index >= 15 is 0 Å². The first kappa shape index (κ1) is 27.0. The van der Waals surface area contributed by atoms with Gasteiger partial charge in [-0.15, -0.1) is 0 Å². The predicted octanol–water partition coefficient (Wildman–Crippen LogP) is 3.36. The topological polar surface area (TPSA) is 74.2 Å². The fraction of sp³-hybridized carbons (Fsp3) is 0.842. The van der Waals surface area contributed by atoms with Crippen molar-refractivity contribution in [3.05, 3.63) is 12.2 Å². The van der Waals surface area contributed by atoms with Crippen LogP contribution < -0.4 is 0 Å². The van der Waals surface area contributed by atoms with Crippen LogP contribution in [0.2, 0.25) is 64.5 Å². The lowest BCUT2D eigenvalue weighted by molar-refractivity contribution is -0.378. The molecule has 4 unspecified atom stereocenters. The minimum absolute atomic E-state index is 0.157. The maximum Gasteiger partial charge on any atom is 0.335 e. The Kier molecular flexibility index (Phi) is 8.19. The van der Waals surface area contributed by atoms with Gasteiger partial charge in [-0.1, -0.05) is 6.58 Å². The molecule has 0 aromatic rings. The van der Waals surface area contributed by atoms with Gasteiger partial charge in [-0.25, -0.2) is 4.79 Å². The highest BCUT2D eigenvalue weighted by Crippen LogP contribution is 2.50. The fourth-order valence-electron chi connectivity index (χ4n) is 3.53. The SMILES string of the molecule is C=C(C)C(=O)OC1(O[Si](C)(C)C)CCC([SiH3])C(O[Si](C)(C)C)C1(O)O[Si](C)(C)C. The first-order valence-electron chi connectivity index (χ1n) is 10.4. The van der Waals surface area contributed by atoms with Gasteiger partial charge in [0.1, 0.15) is 6.10 Å². The van der Waals surface area contributed by atoms with Crippen molar-refractivity contribution < 1.29 is 27.9 Å². The van der Waals surface area contributed by atoms with Crippen molar-refractivity contribution in [1.29, 1.82) is 0 Å². The lowest BCUT2D eigenvalue weighted by atomic mass is 9.84. The summed E-state index contributed by atoms with van der Waals surface area (Å²) in [4.78, 5) is 12.7. The summed E-state index contributed by atoms with van der Waals surface area (Å²) in [6, 6.07) is 0. The van der Waals surface area contributed by atoms with Gasteiger partial charge >= 0.3 is 5.97 Å². The van der Waals surface area contributed by atoms with Crippen LogP contribution in [0.3, 0.4) is 0 Å². The Labute approximate surface area is 183 Å². The second kappa shape index (κ2) is 8.81. The minimum atomic E-state index is -2.28. The van der Waals surface area contributed by atoms with Gasteiger partial charge in [0.2, 0.25) is 5.79 Å². The Morgan fingerprint density at radius 2 is 1.48 bits per heavy atom. The van der Waals surface area contributed by atoms with E-state index in [2.05, 4.69) is 26.2 Å². The molecule has 0 spiro atoms. The summed E-state index contributed by atoms with van der Waals surface area (Å²) in [5, 5.41) is 12.2. The molecule has 1 aliphatic carbocycles. The van der Waals surface area contributed by atoms with Crippen LogP contribution in [-0.4, -0.2) is 63.9 Å². The van der Waals surface area contributed by atoms with Crippen molar-refractivity contribution in [2.24, 2.45) is 0 Å². The smallest absolute Gasteiger partial charge is 0.335 e. The summed E-state index contributed by atoms with van der Waals surface area (Å²) in [5.41, 5.74) is 0.416. The number of ether oxygens (including phenoxy) is 1. The molecule has 1 fully saturated rings. The second-order valence-corrected chi connectivity index (χ2v) is 26.0. The van der Waals surface area contributed by atoms with Crippen molar-refractivity contribution >= 4 is 41.2 Å². The molecule has 6 nitrogen and oxygen atoms in total. The van der Waals surface area contributed by atoms with Crippen LogP contribution >= 0.6 is 0 Å². The van der Waals surface area contributed by atoms with E-state index in [1.807, 2.05) is 39.3 Å². The molecule has 170 valence electrons. The molecule has 0 aliphatic heterocycles. The van der Waals surface area contributed by atoms with E-state index in [-0.39, 0.29) is 11.1 Å². The van der Waals surface area contributed by atoms with E-state index in [1.54, 1.807) is 6.92 Å². The molecule has 0 bridgehead atoms. The summed E-state index contributed by atoms with van der Waals surface area (Å²) >= 11 is 0. The van der Waals surface area contributed by atoms with Crippen LogP contribution in [0.5, 0.6) is 0 Å². The van der Waals surface area contributed by atoms with Crippen LogP contribution in [0, 0.1) is 0 Å². The van der Waals surface area contributed by atoms with Gasteiger partial charge in [-0.05, 0) is 77.8 Å². The Morgan fingerprint density at radius 3 is 1.86 bits per heavy atom. The van der Waals surface area contributed by atoms with Crippen molar-refractivity contribution in [1.82, 2.24) is 0 Å². The molecule has 1 rings (SSSR count). The van der Waals surface area contributed by atoms with Gasteiger partial charge in [0, 0.05) is 22.2 Å². The number of carbonyl (C=O) groups excluding carboxylic acids is 1. The van der Waals surface area contributed by atoms with Gasteiger partial charge in [-0.3, -0.25) is 0 Å². The zero-order valence-electron chi connectivity index (χ0n) is 20.3. The predicted molar refractivity (Wildman–Crippen MR) is 129 cm³/mol. The number of rotatable bonds is 8. The standard InChI is InChI=1S/C19H42O6Si4/c1-14(2)17(20)22-18(24-28(6,7)8)13-12-15(26)16(23-27(3,4)5)19(18,21)25-29(9,10)11/h15-16,21H,1,12-13H2,2-11,26H3. The number of hydrogen-bond donors (Lipinski definition) is 1. The second-order valence-electron chi connectivity index (χ2n) is 11.2. The third kappa shape index (κ3) is 7.23. The van der Waals surface area contributed by atoms with E-state index in [0.717, 1.165) is 16.7 Å². The molecule has 0 aromatic heterocycles. The molecule has 0 aromatic carbocycles. The summed E-state index contributed by atoms with van der Waals surface area (Å²) < 4.78 is 25.4. The van der Waals surface area contributed by atoms with Crippen molar-refractivity contribution in [2.45, 2.75) is 102 Å². The highest BCUT2D eigenvalue weighted by molar-refractivity contribution is 6.70. The van der Waals surface area contributed by atoms with E-state index in [0.29, 0.717) is 6.42 Å². The summed E-state index contributed by atoms with van der Waals surface area (Å²) in [6.07, 6.45) is 0.513. The molecule has 10 heteroatoms. The number of hydrogen-bond acceptors (Lipinski definition) is 6. The minimum Gasteiger partial charge on any atom is -0.425 e. The first-order valence-corrected chi connectivity index (χ1v) is 21.8. The third-order valence-electron chi connectivity index (χ3n) is 4.40. The molecular weight excluding hydrogens is 437 g/mol. The molecule has 1 N–H and O–H groups in total. The molecule has 0 saturated heterocycles. The molecular formula is C19H42O6Si4. The normalized spacial score (nSPS) is 31.6. The van der Waals surface area contributed by atoms with E-state index in [9.17, 15) is 9.90 Å². The lowest BCUT2D eigenvalue weighted by Gasteiger charge is -2.57. The van der Waals surface area contributed by atoms with Crippen molar-refractivity contribution in [3.63, 3.8) is 0 Å². The largest absolute Gasteiger partial charge is 0.425 e. The Bertz CT molecular complexity index is 622. The average Bonchev–Trinajstić information content (AvgIpc) is 2.44. The van der Waals surface area contributed by atoms with Crippen molar-refractivity contribution in [3.8, 4) is 0 Å².